The van der Waals surface area contributed by atoms with Gasteiger partial charge in [-0.15, -0.1) is 11.3 Å². The molecule has 0 atom stereocenters. The van der Waals surface area contributed by atoms with E-state index >= 15 is 0 Å². The summed E-state index contributed by atoms with van der Waals surface area (Å²) in [5, 5.41) is 0. The molecule has 0 radical (unpaired) electrons. The minimum absolute atomic E-state index is 0.0841. The predicted molar refractivity (Wildman–Crippen MR) is 108 cm³/mol. The third kappa shape index (κ3) is 5.76. The number of nitrogens with one attached hydrogen (secondary N) is 1. The van der Waals surface area contributed by atoms with E-state index < -0.39 is 10.0 Å². The fourth-order valence-corrected chi connectivity index (χ4v) is 5.08. The zero-order chi connectivity index (χ0) is 20.0. The van der Waals surface area contributed by atoms with Crippen molar-refractivity contribution in [2.45, 2.75) is 11.4 Å². The average Bonchev–Trinajstić information content (AvgIpc) is 3.05. The fraction of sp³-hybridized carbons (Fsp3) is 0.353. The summed E-state index contributed by atoms with van der Waals surface area (Å²) in [4.78, 5) is 15.2. The molecule has 27 heavy (non-hydrogen) atoms. The van der Waals surface area contributed by atoms with Gasteiger partial charge in [-0.1, -0.05) is 0 Å². The van der Waals surface area contributed by atoms with Crippen LogP contribution in [0.1, 0.15) is 15.2 Å². The Morgan fingerprint density at radius 2 is 2.00 bits per heavy atom. The van der Waals surface area contributed by atoms with E-state index in [1.165, 1.54) is 42.6 Å². The molecule has 0 fully saturated rings. The number of hydrogen-bond donors (Lipinski definition) is 1. The molecule has 0 bridgehead atoms. The topological polar surface area (TPSA) is 84.9 Å². The lowest BCUT2D eigenvalue weighted by atomic mass is 10.2. The van der Waals surface area contributed by atoms with Crippen molar-refractivity contribution >= 4 is 43.2 Å². The molecule has 7 nitrogen and oxygen atoms in total. The molecule has 10 heteroatoms. The molecule has 148 valence electrons. The van der Waals surface area contributed by atoms with Gasteiger partial charge in [-0.05, 0) is 46.3 Å². The van der Waals surface area contributed by atoms with Crippen molar-refractivity contribution < 1.29 is 22.7 Å². The Balaban J connectivity index is 2.25. The molecule has 0 aliphatic rings. The molecule has 0 saturated carbocycles. The zero-order valence-corrected chi connectivity index (χ0v) is 18.4. The summed E-state index contributed by atoms with van der Waals surface area (Å²) >= 11 is 4.93. The van der Waals surface area contributed by atoms with Gasteiger partial charge in [0.15, 0.2) is 0 Å². The van der Waals surface area contributed by atoms with Crippen LogP contribution >= 0.6 is 27.3 Å². The smallest absolute Gasteiger partial charge is 0.253 e. The quantitative estimate of drug-likeness (QED) is 0.562. The summed E-state index contributed by atoms with van der Waals surface area (Å²) in [6, 6.07) is 8.21. The van der Waals surface area contributed by atoms with E-state index in [0.717, 1.165) is 8.66 Å². The van der Waals surface area contributed by atoms with Crippen molar-refractivity contribution in [1.29, 1.82) is 0 Å². The maximum atomic E-state index is 12.7. The molecule has 0 saturated heterocycles. The van der Waals surface area contributed by atoms with E-state index in [9.17, 15) is 13.2 Å². The van der Waals surface area contributed by atoms with E-state index in [0.29, 0.717) is 6.54 Å². The van der Waals surface area contributed by atoms with Gasteiger partial charge in [-0.2, -0.15) is 0 Å². The summed E-state index contributed by atoms with van der Waals surface area (Å²) in [5.74, 6) is -0.114. The normalized spacial score (nSPS) is 11.4. The van der Waals surface area contributed by atoms with Gasteiger partial charge in [-0.25, -0.2) is 13.1 Å². The maximum absolute atomic E-state index is 12.7. The van der Waals surface area contributed by atoms with Gasteiger partial charge in [0, 0.05) is 31.1 Å². The van der Waals surface area contributed by atoms with Gasteiger partial charge in [0.2, 0.25) is 10.0 Å². The van der Waals surface area contributed by atoms with Crippen LogP contribution in [0.5, 0.6) is 5.75 Å². The Kier molecular flexibility index (Phi) is 7.80. The Morgan fingerprint density at radius 1 is 1.26 bits per heavy atom. The molecule has 0 aliphatic carbocycles. The van der Waals surface area contributed by atoms with Crippen LogP contribution in [0, 0.1) is 0 Å². The monoisotopic (exact) mass is 476 g/mol. The number of halogens is 1. The summed E-state index contributed by atoms with van der Waals surface area (Å²) in [5.41, 5.74) is 0.265. The minimum atomic E-state index is -3.84. The molecule has 1 aromatic carbocycles. The SMILES string of the molecule is COCCNS(=O)(=O)c1cc(C(=O)N(C)Cc2ccc(Br)s2)ccc1OC. The number of carbonyl (C=O) groups is 1. The van der Waals surface area contributed by atoms with Crippen molar-refractivity contribution in [3.05, 3.63) is 44.6 Å². The molecule has 0 aliphatic heterocycles. The van der Waals surface area contributed by atoms with Crippen molar-refractivity contribution in [2.24, 2.45) is 0 Å². The van der Waals surface area contributed by atoms with E-state index in [1.807, 2.05) is 12.1 Å². The first kappa shape index (κ1) is 21.8. The van der Waals surface area contributed by atoms with Crippen LogP contribution in [0.4, 0.5) is 0 Å². The second-order valence-corrected chi connectivity index (χ2v) is 9.91. The second-order valence-electron chi connectivity index (χ2n) is 5.62. The number of carbonyl (C=O) groups excluding carboxylic acids is 1. The first-order valence-electron chi connectivity index (χ1n) is 7.95. The number of hydrogen-bond acceptors (Lipinski definition) is 6. The van der Waals surface area contributed by atoms with Gasteiger partial charge in [0.25, 0.3) is 5.91 Å². The van der Waals surface area contributed by atoms with E-state index in [2.05, 4.69) is 20.7 Å². The largest absolute Gasteiger partial charge is 0.495 e. The Morgan fingerprint density at radius 3 is 2.59 bits per heavy atom. The summed E-state index contributed by atoms with van der Waals surface area (Å²) in [6.45, 7) is 0.780. The van der Waals surface area contributed by atoms with Crippen LogP contribution in [0.15, 0.2) is 39.0 Å². The van der Waals surface area contributed by atoms with Crippen LogP contribution in [0.2, 0.25) is 0 Å². The Labute approximate surface area is 171 Å². The third-order valence-corrected chi connectivity index (χ3v) is 6.76. The van der Waals surface area contributed by atoms with Gasteiger partial charge in [0.05, 0.1) is 24.0 Å². The number of nitrogens with zero attached hydrogens (tertiary/aromatic N) is 1. The molecule has 1 heterocycles. The van der Waals surface area contributed by atoms with Crippen molar-refractivity contribution in [1.82, 2.24) is 9.62 Å². The van der Waals surface area contributed by atoms with E-state index in [1.54, 1.807) is 13.1 Å². The average molecular weight is 477 g/mol. The van der Waals surface area contributed by atoms with Crippen LogP contribution in [0.25, 0.3) is 0 Å². The Bertz CT molecular complexity index is 898. The van der Waals surface area contributed by atoms with Crippen LogP contribution < -0.4 is 9.46 Å². The first-order valence-corrected chi connectivity index (χ1v) is 11.0. The summed E-state index contributed by atoms with van der Waals surface area (Å²) in [7, 11) is 0.692. The first-order chi connectivity index (χ1) is 12.8. The summed E-state index contributed by atoms with van der Waals surface area (Å²) < 4.78 is 38.5. The molecular formula is C17H21BrN2O5S2. The van der Waals surface area contributed by atoms with Crippen LogP contribution in [0.3, 0.4) is 0 Å². The molecule has 2 rings (SSSR count). The summed E-state index contributed by atoms with van der Waals surface area (Å²) in [6.07, 6.45) is 0. The predicted octanol–water partition coefficient (Wildman–Crippen LogP) is 2.72. The Hall–Kier alpha value is -1.46. The van der Waals surface area contributed by atoms with Gasteiger partial charge >= 0.3 is 0 Å². The van der Waals surface area contributed by atoms with Crippen molar-refractivity contribution in [3.8, 4) is 5.75 Å². The van der Waals surface area contributed by atoms with Gasteiger partial charge in [-0.3, -0.25) is 4.79 Å². The van der Waals surface area contributed by atoms with Crippen LogP contribution in [-0.2, 0) is 21.3 Å². The molecule has 1 amide bonds. The lowest BCUT2D eigenvalue weighted by molar-refractivity contribution is 0.0786. The molecule has 2 aromatic rings. The van der Waals surface area contributed by atoms with E-state index in [-0.39, 0.29) is 35.3 Å². The number of thiophene rings is 1. The highest BCUT2D eigenvalue weighted by Gasteiger charge is 2.22. The minimum Gasteiger partial charge on any atom is -0.495 e. The molecule has 1 N–H and O–H groups in total. The molecular weight excluding hydrogens is 456 g/mol. The van der Waals surface area contributed by atoms with Crippen LogP contribution in [-0.4, -0.2) is 53.6 Å². The highest BCUT2D eigenvalue weighted by Crippen LogP contribution is 2.26. The fourth-order valence-electron chi connectivity index (χ4n) is 2.34. The zero-order valence-electron chi connectivity index (χ0n) is 15.2. The molecule has 0 spiro atoms. The number of benzene rings is 1. The number of ether oxygens (including phenoxy) is 2. The van der Waals surface area contributed by atoms with Gasteiger partial charge < -0.3 is 14.4 Å². The number of rotatable bonds is 9. The lowest BCUT2D eigenvalue weighted by Gasteiger charge is -2.18. The highest BCUT2D eigenvalue weighted by atomic mass is 79.9. The second kappa shape index (κ2) is 9.65. The van der Waals surface area contributed by atoms with Gasteiger partial charge in [0.1, 0.15) is 10.6 Å². The highest BCUT2D eigenvalue weighted by molar-refractivity contribution is 9.11. The van der Waals surface area contributed by atoms with Crippen molar-refractivity contribution in [2.75, 3.05) is 34.4 Å². The lowest BCUT2D eigenvalue weighted by Crippen LogP contribution is -2.29. The third-order valence-electron chi connectivity index (χ3n) is 3.67. The molecule has 1 aromatic heterocycles. The standard InChI is InChI=1S/C17H21BrN2O5S2/c1-20(11-13-5-7-16(18)26-13)17(21)12-4-6-14(25-3)15(10-12)27(22,23)19-8-9-24-2/h4-7,10,19H,8-9,11H2,1-3H3. The maximum Gasteiger partial charge on any atom is 0.253 e. The van der Waals surface area contributed by atoms with Crippen molar-refractivity contribution in [3.63, 3.8) is 0 Å². The number of methoxy groups -OCH3 is 2. The number of sulfonamides is 1. The molecule has 0 unspecified atom stereocenters. The van der Waals surface area contributed by atoms with E-state index in [4.69, 9.17) is 9.47 Å². The number of amides is 1.